The molecule has 2 amide bonds. The van der Waals surface area contributed by atoms with Crippen LogP contribution in [0.4, 0.5) is 15.8 Å². The largest absolute Gasteiger partial charge is 0.345 e. The second-order valence-electron chi connectivity index (χ2n) is 9.55. The predicted octanol–water partition coefficient (Wildman–Crippen LogP) is 5.38. The van der Waals surface area contributed by atoms with Crippen LogP contribution in [-0.2, 0) is 16.8 Å². The first-order valence-electron chi connectivity index (χ1n) is 12.9. The molecule has 0 saturated carbocycles. The van der Waals surface area contributed by atoms with E-state index in [2.05, 4.69) is 10.6 Å². The molecule has 0 saturated heterocycles. The van der Waals surface area contributed by atoms with Crippen LogP contribution in [0.1, 0.15) is 44.8 Å². The molecule has 0 fully saturated rings. The predicted molar refractivity (Wildman–Crippen MR) is 158 cm³/mol. The van der Waals surface area contributed by atoms with E-state index in [1.54, 1.807) is 54.6 Å². The Bertz CT molecular complexity index is 1630. The Morgan fingerprint density at radius 3 is 2.07 bits per heavy atom. The van der Waals surface area contributed by atoms with Crippen LogP contribution in [0.15, 0.2) is 103 Å². The maximum absolute atomic E-state index is 14.6. The van der Waals surface area contributed by atoms with E-state index in [-0.39, 0.29) is 24.2 Å². The highest BCUT2D eigenvalue weighted by atomic mass is 32.2. The van der Waals surface area contributed by atoms with Crippen LogP contribution in [0.5, 0.6) is 0 Å². The smallest absolute Gasteiger partial charge is 0.303 e. The number of hydrogen-bond acceptors (Lipinski definition) is 4. The van der Waals surface area contributed by atoms with Crippen molar-refractivity contribution in [3.63, 3.8) is 0 Å². The quantitative estimate of drug-likeness (QED) is 0.266. The van der Waals surface area contributed by atoms with Crippen molar-refractivity contribution in [2.45, 2.75) is 19.5 Å². The van der Waals surface area contributed by atoms with Gasteiger partial charge in [-0.25, -0.2) is 4.39 Å². The van der Waals surface area contributed by atoms with Gasteiger partial charge in [0.1, 0.15) is 5.82 Å². The van der Waals surface area contributed by atoms with E-state index >= 15 is 0 Å². The minimum atomic E-state index is -4.01. The van der Waals surface area contributed by atoms with Crippen LogP contribution in [-0.4, -0.2) is 38.6 Å². The number of amides is 2. The topological polar surface area (TPSA) is 98.8 Å². The van der Waals surface area contributed by atoms with Crippen LogP contribution in [0.3, 0.4) is 0 Å². The van der Waals surface area contributed by atoms with Gasteiger partial charge < -0.3 is 10.6 Å². The maximum atomic E-state index is 14.6. The van der Waals surface area contributed by atoms with Gasteiger partial charge in [-0.3, -0.25) is 13.9 Å². The number of halogens is 1. The Hall–Kier alpha value is -4.54. The molecule has 0 radical (unpaired) electrons. The number of nitrogens with one attached hydrogen (secondary N) is 2. The molecule has 4 rings (SSSR count). The Balaban J connectivity index is 1.50. The lowest BCUT2D eigenvalue weighted by molar-refractivity contribution is 0.0940. The molecule has 0 aliphatic rings. The van der Waals surface area contributed by atoms with Gasteiger partial charge in [0, 0.05) is 19.7 Å². The zero-order valence-corrected chi connectivity index (χ0v) is 23.7. The standard InChI is InChI=1S/C31H31FN4O4S/c1-22(24-11-5-4-6-12-24)33-31(38)26-13-7-9-15-28(26)34-30(37)25-19-17-23(18-20-25)21-36(41(39,40)35(2)3)29-16-10-8-14-27(29)32/h4-20,22H,21H2,1-3H3,(H,33,38)(H,34,37)/t22-/m1/s1. The summed E-state index contributed by atoms with van der Waals surface area (Å²) in [5, 5.41) is 5.75. The number of anilines is 2. The summed E-state index contributed by atoms with van der Waals surface area (Å²) in [6.07, 6.45) is 0. The Morgan fingerprint density at radius 2 is 1.41 bits per heavy atom. The van der Waals surface area contributed by atoms with Crippen LogP contribution >= 0.6 is 0 Å². The molecule has 1 atom stereocenters. The van der Waals surface area contributed by atoms with Gasteiger partial charge in [-0.15, -0.1) is 0 Å². The first-order valence-corrected chi connectivity index (χ1v) is 14.3. The maximum Gasteiger partial charge on any atom is 0.303 e. The highest BCUT2D eigenvalue weighted by Crippen LogP contribution is 2.26. The number of para-hydroxylation sites is 2. The van der Waals surface area contributed by atoms with Gasteiger partial charge in [0.15, 0.2) is 0 Å². The zero-order chi connectivity index (χ0) is 29.6. The molecule has 0 aliphatic heterocycles. The summed E-state index contributed by atoms with van der Waals surface area (Å²) in [6, 6.07) is 28.0. The summed E-state index contributed by atoms with van der Waals surface area (Å²) in [4.78, 5) is 26.1. The minimum absolute atomic E-state index is 0.0838. The Morgan fingerprint density at radius 1 is 0.805 bits per heavy atom. The molecule has 8 nitrogen and oxygen atoms in total. The zero-order valence-electron chi connectivity index (χ0n) is 22.9. The molecular weight excluding hydrogens is 543 g/mol. The molecule has 2 N–H and O–H groups in total. The summed E-state index contributed by atoms with van der Waals surface area (Å²) >= 11 is 0. The van der Waals surface area contributed by atoms with E-state index in [1.807, 2.05) is 37.3 Å². The van der Waals surface area contributed by atoms with Crippen molar-refractivity contribution >= 4 is 33.4 Å². The molecule has 0 aromatic heterocycles. The number of nitrogens with zero attached hydrogens (tertiary/aromatic N) is 2. The molecular formula is C31H31FN4O4S. The molecule has 41 heavy (non-hydrogen) atoms. The van der Waals surface area contributed by atoms with Crippen molar-refractivity contribution in [1.82, 2.24) is 9.62 Å². The van der Waals surface area contributed by atoms with Gasteiger partial charge in [0.2, 0.25) is 0 Å². The lowest BCUT2D eigenvalue weighted by Gasteiger charge is -2.27. The van der Waals surface area contributed by atoms with E-state index < -0.39 is 21.9 Å². The Kier molecular flexibility index (Phi) is 9.16. The molecule has 0 unspecified atom stereocenters. The minimum Gasteiger partial charge on any atom is -0.345 e. The van der Waals surface area contributed by atoms with E-state index in [0.717, 1.165) is 14.2 Å². The lowest BCUT2D eigenvalue weighted by atomic mass is 10.1. The fraction of sp³-hybridized carbons (Fsp3) is 0.161. The number of hydrogen-bond donors (Lipinski definition) is 2. The van der Waals surface area contributed by atoms with Crippen molar-refractivity contribution in [2.75, 3.05) is 23.7 Å². The fourth-order valence-corrected chi connectivity index (χ4v) is 5.26. The fourth-order valence-electron chi connectivity index (χ4n) is 4.15. The average Bonchev–Trinajstić information content (AvgIpc) is 2.97. The van der Waals surface area contributed by atoms with E-state index in [4.69, 9.17) is 0 Å². The summed E-state index contributed by atoms with van der Waals surface area (Å²) < 4.78 is 42.5. The van der Waals surface area contributed by atoms with Gasteiger partial charge >= 0.3 is 10.2 Å². The van der Waals surface area contributed by atoms with Crippen LogP contribution in [0.25, 0.3) is 0 Å². The SMILES string of the molecule is C[C@@H](NC(=O)c1ccccc1NC(=O)c1ccc(CN(c2ccccc2F)S(=O)(=O)N(C)C)cc1)c1ccccc1. The molecule has 10 heteroatoms. The van der Waals surface area contributed by atoms with E-state index in [9.17, 15) is 22.4 Å². The molecule has 4 aromatic carbocycles. The molecule has 0 aliphatic carbocycles. The molecule has 0 spiro atoms. The lowest BCUT2D eigenvalue weighted by Crippen LogP contribution is -2.40. The van der Waals surface area contributed by atoms with Crippen LogP contribution in [0, 0.1) is 5.82 Å². The summed E-state index contributed by atoms with van der Waals surface area (Å²) in [5.41, 5.74) is 2.38. The van der Waals surface area contributed by atoms with Crippen molar-refractivity contribution in [3.05, 3.63) is 131 Å². The third-order valence-electron chi connectivity index (χ3n) is 6.47. The van der Waals surface area contributed by atoms with Gasteiger partial charge in [0.05, 0.1) is 29.5 Å². The van der Waals surface area contributed by atoms with E-state index in [1.165, 1.54) is 32.3 Å². The first kappa shape index (κ1) is 29.4. The summed E-state index contributed by atoms with van der Waals surface area (Å²) in [6.45, 7) is 1.74. The van der Waals surface area contributed by atoms with Crippen molar-refractivity contribution < 1.29 is 22.4 Å². The Labute approximate surface area is 239 Å². The third kappa shape index (κ3) is 6.97. The van der Waals surface area contributed by atoms with Gasteiger partial charge in [-0.2, -0.15) is 12.7 Å². The number of benzene rings is 4. The van der Waals surface area contributed by atoms with E-state index in [0.29, 0.717) is 22.4 Å². The molecule has 0 heterocycles. The number of carbonyl (C=O) groups excluding carboxylic acids is 2. The second kappa shape index (κ2) is 12.8. The highest BCUT2D eigenvalue weighted by molar-refractivity contribution is 7.90. The first-order chi connectivity index (χ1) is 19.6. The third-order valence-corrected chi connectivity index (χ3v) is 8.28. The second-order valence-corrected chi connectivity index (χ2v) is 11.6. The average molecular weight is 575 g/mol. The molecule has 0 bridgehead atoms. The summed E-state index contributed by atoms with van der Waals surface area (Å²) in [5.74, 6) is -1.45. The summed E-state index contributed by atoms with van der Waals surface area (Å²) in [7, 11) is -1.27. The van der Waals surface area contributed by atoms with Crippen LogP contribution < -0.4 is 14.9 Å². The normalized spacial score (nSPS) is 12.0. The van der Waals surface area contributed by atoms with Crippen molar-refractivity contribution in [1.29, 1.82) is 0 Å². The van der Waals surface area contributed by atoms with Crippen molar-refractivity contribution in [3.8, 4) is 0 Å². The number of carbonyl (C=O) groups is 2. The molecule has 4 aromatic rings. The van der Waals surface area contributed by atoms with Crippen LogP contribution in [0.2, 0.25) is 0 Å². The monoisotopic (exact) mass is 574 g/mol. The molecule has 212 valence electrons. The van der Waals surface area contributed by atoms with Crippen molar-refractivity contribution in [2.24, 2.45) is 0 Å². The van der Waals surface area contributed by atoms with Gasteiger partial charge in [-0.1, -0.05) is 66.7 Å². The van der Waals surface area contributed by atoms with Gasteiger partial charge in [-0.05, 0) is 54.4 Å². The highest BCUT2D eigenvalue weighted by Gasteiger charge is 2.27. The van der Waals surface area contributed by atoms with Gasteiger partial charge in [0.25, 0.3) is 11.8 Å². The number of rotatable bonds is 10.